The van der Waals surface area contributed by atoms with Gasteiger partial charge in [0.15, 0.2) is 12.6 Å². The highest BCUT2D eigenvalue weighted by Crippen LogP contribution is 2.32. The van der Waals surface area contributed by atoms with Gasteiger partial charge < -0.3 is 87.2 Å². The van der Waals surface area contributed by atoms with Gasteiger partial charge in [0.05, 0.1) is 31.6 Å². The fourth-order valence-corrected chi connectivity index (χ4v) is 5.47. The van der Waals surface area contributed by atoms with Gasteiger partial charge >= 0.3 is 0 Å². The molecular weight excluding hydrogens is 578 g/mol. The molecule has 1 saturated carbocycles. The Morgan fingerprint density at radius 1 is 1.07 bits per heavy atom. The molecule has 0 bridgehead atoms. The zero-order valence-electron chi connectivity index (χ0n) is 23.9. The SMILES string of the molecule is CN[C@H]1/C(=C\O)CO[C@H](O[C@H]2[C@H](NC(=O)[C@@H](O)CCN)C[C@H](N)C(O[C@H]3O[C@H](CNCCO)[C@@H](O)[C@H](O)[C@H]3O)[C@@H]2O)[C@@H]1O. The van der Waals surface area contributed by atoms with E-state index in [4.69, 9.17) is 35.5 Å². The number of aliphatic hydroxyl groups is 8. The van der Waals surface area contributed by atoms with Gasteiger partial charge in [0.1, 0.15) is 54.9 Å². The molecule has 3 aliphatic rings. The van der Waals surface area contributed by atoms with E-state index in [1.54, 1.807) is 7.05 Å². The first kappa shape index (κ1) is 35.9. The van der Waals surface area contributed by atoms with Gasteiger partial charge in [-0.25, -0.2) is 0 Å². The molecule has 14 atom stereocenters. The summed E-state index contributed by atoms with van der Waals surface area (Å²) in [5, 5.41) is 90.6. The molecule has 0 aromatic rings. The summed E-state index contributed by atoms with van der Waals surface area (Å²) in [6.07, 6.45) is -15.4. The molecule has 1 amide bonds. The third kappa shape index (κ3) is 8.57. The van der Waals surface area contributed by atoms with E-state index >= 15 is 0 Å². The maximum atomic E-state index is 12.7. The number of likely N-dealkylation sites (N-methyl/N-ethyl adjacent to an activating group) is 1. The summed E-state index contributed by atoms with van der Waals surface area (Å²) in [6, 6.07) is -2.81. The first-order chi connectivity index (χ1) is 20.5. The van der Waals surface area contributed by atoms with Crippen LogP contribution in [0.15, 0.2) is 11.8 Å². The molecule has 18 nitrogen and oxygen atoms in total. The molecule has 1 unspecified atom stereocenters. The van der Waals surface area contributed by atoms with E-state index in [0.29, 0.717) is 5.57 Å². The zero-order chi connectivity index (χ0) is 31.8. The second kappa shape index (κ2) is 16.6. The van der Waals surface area contributed by atoms with E-state index in [1.165, 1.54) is 0 Å². The maximum absolute atomic E-state index is 12.7. The van der Waals surface area contributed by atoms with Crippen LogP contribution in [0.1, 0.15) is 12.8 Å². The average molecular weight is 626 g/mol. The molecule has 2 heterocycles. The van der Waals surface area contributed by atoms with Gasteiger partial charge in [-0.15, -0.1) is 0 Å². The lowest BCUT2D eigenvalue weighted by Crippen LogP contribution is -2.68. The van der Waals surface area contributed by atoms with Crippen LogP contribution in [-0.4, -0.2) is 172 Å². The van der Waals surface area contributed by atoms with Gasteiger partial charge in [0.2, 0.25) is 5.91 Å². The standard InChI is InChI=1S/C25H47N5O13/c1-28-15-10(8-32)9-40-24(17(15)35)43-22-12(30-23(39)13(33)2-3-26)6-11(27)21(20(22)38)42-25-19(37)18(36)16(34)14(41-25)7-29-4-5-31/h8,11-22,24-25,28-29,31-38H,2-7,9,26-27H2,1H3,(H,30,39)/b10-8-/t11-,12+,13-,14+,15-,16+,17+,18-,19+,20-,21?,22-,24+,25+/m0/s1. The minimum Gasteiger partial charge on any atom is -0.515 e. The van der Waals surface area contributed by atoms with Gasteiger partial charge in [0, 0.05) is 24.7 Å². The average Bonchev–Trinajstić information content (AvgIpc) is 2.98. The zero-order valence-corrected chi connectivity index (χ0v) is 23.9. The van der Waals surface area contributed by atoms with Crippen molar-refractivity contribution < 1.29 is 64.6 Å². The number of hydrogen-bond donors (Lipinski definition) is 13. The minimum absolute atomic E-state index is 0.0105. The van der Waals surface area contributed by atoms with Crippen LogP contribution < -0.4 is 27.4 Å². The fourth-order valence-electron chi connectivity index (χ4n) is 5.47. The van der Waals surface area contributed by atoms with Crippen LogP contribution in [0.25, 0.3) is 0 Å². The second-order valence-electron chi connectivity index (χ2n) is 10.9. The Bertz CT molecular complexity index is 906. The van der Waals surface area contributed by atoms with Gasteiger partial charge in [0.25, 0.3) is 0 Å². The minimum atomic E-state index is -1.74. The van der Waals surface area contributed by atoms with E-state index in [2.05, 4.69) is 16.0 Å². The largest absolute Gasteiger partial charge is 0.515 e. The lowest BCUT2D eigenvalue weighted by Gasteiger charge is -2.48. The number of hydrogen-bond acceptors (Lipinski definition) is 17. The van der Waals surface area contributed by atoms with Gasteiger partial charge in [-0.05, 0) is 26.4 Å². The van der Waals surface area contributed by atoms with Crippen LogP contribution in [0, 0.1) is 0 Å². The van der Waals surface area contributed by atoms with Crippen LogP contribution in [0.3, 0.4) is 0 Å². The maximum Gasteiger partial charge on any atom is 0.249 e. The number of nitrogens with one attached hydrogen (secondary N) is 3. The molecule has 0 aromatic carbocycles. The quantitative estimate of drug-likeness (QED) is 0.0668. The highest BCUT2D eigenvalue weighted by atomic mass is 16.7. The third-order valence-electron chi connectivity index (χ3n) is 7.88. The van der Waals surface area contributed by atoms with Crippen molar-refractivity contribution in [1.82, 2.24) is 16.0 Å². The van der Waals surface area contributed by atoms with Crippen molar-refractivity contribution in [2.24, 2.45) is 11.5 Å². The highest BCUT2D eigenvalue weighted by molar-refractivity contribution is 5.80. The topological polar surface area (TPSA) is 304 Å². The summed E-state index contributed by atoms with van der Waals surface area (Å²) in [4.78, 5) is 12.7. The summed E-state index contributed by atoms with van der Waals surface area (Å²) in [5.74, 6) is -0.798. The molecule has 2 saturated heterocycles. The second-order valence-corrected chi connectivity index (χ2v) is 10.9. The molecular formula is C25H47N5O13. The van der Waals surface area contributed by atoms with E-state index in [9.17, 15) is 40.5 Å². The summed E-state index contributed by atoms with van der Waals surface area (Å²) in [7, 11) is 1.55. The molecule has 18 heteroatoms. The molecule has 1 aliphatic carbocycles. The van der Waals surface area contributed by atoms with Crippen LogP contribution >= 0.6 is 0 Å². The number of rotatable bonds is 13. The van der Waals surface area contributed by atoms with Crippen molar-refractivity contribution in [3.8, 4) is 0 Å². The predicted octanol–water partition coefficient (Wildman–Crippen LogP) is -6.82. The molecule has 0 radical (unpaired) electrons. The highest BCUT2D eigenvalue weighted by Gasteiger charge is 2.51. The van der Waals surface area contributed by atoms with E-state index < -0.39 is 91.5 Å². The molecule has 3 fully saturated rings. The molecule has 43 heavy (non-hydrogen) atoms. The van der Waals surface area contributed by atoms with E-state index in [0.717, 1.165) is 6.26 Å². The predicted molar refractivity (Wildman–Crippen MR) is 146 cm³/mol. The Morgan fingerprint density at radius 3 is 2.40 bits per heavy atom. The Morgan fingerprint density at radius 2 is 1.77 bits per heavy atom. The monoisotopic (exact) mass is 625 g/mol. The van der Waals surface area contributed by atoms with Crippen molar-refractivity contribution in [3.05, 3.63) is 11.8 Å². The molecule has 15 N–H and O–H groups in total. The van der Waals surface area contributed by atoms with Gasteiger partial charge in [-0.3, -0.25) is 4.79 Å². The van der Waals surface area contributed by atoms with Crippen LogP contribution in [0.4, 0.5) is 0 Å². The van der Waals surface area contributed by atoms with Crippen LogP contribution in [-0.2, 0) is 23.7 Å². The number of carbonyl (C=O) groups excluding carboxylic acids is 1. The normalized spacial score (nSPS) is 42.1. The van der Waals surface area contributed by atoms with E-state index in [1.807, 2.05) is 0 Å². The molecule has 2 aliphatic heterocycles. The van der Waals surface area contributed by atoms with Crippen LogP contribution in [0.2, 0.25) is 0 Å². The number of nitrogens with two attached hydrogens (primary N) is 2. The lowest BCUT2D eigenvalue weighted by atomic mass is 9.83. The Labute approximate surface area is 248 Å². The summed E-state index contributed by atoms with van der Waals surface area (Å²) < 4.78 is 23.1. The number of amides is 1. The molecule has 250 valence electrons. The molecule has 0 aromatic heterocycles. The smallest absolute Gasteiger partial charge is 0.249 e. The molecule has 3 rings (SSSR count). The third-order valence-corrected chi connectivity index (χ3v) is 7.88. The number of aliphatic hydroxyl groups excluding tert-OH is 8. The summed E-state index contributed by atoms with van der Waals surface area (Å²) in [5.41, 5.74) is 12.1. The van der Waals surface area contributed by atoms with Crippen molar-refractivity contribution >= 4 is 5.91 Å². The molecule has 0 spiro atoms. The van der Waals surface area contributed by atoms with Crippen LogP contribution in [0.5, 0.6) is 0 Å². The van der Waals surface area contributed by atoms with Crippen molar-refractivity contribution in [2.75, 3.05) is 39.9 Å². The Hall–Kier alpha value is -1.59. The van der Waals surface area contributed by atoms with Crippen molar-refractivity contribution in [1.29, 1.82) is 0 Å². The van der Waals surface area contributed by atoms with Gasteiger partial charge in [-0.1, -0.05) is 0 Å². The Balaban J connectivity index is 1.82. The number of ether oxygens (including phenoxy) is 4. The Kier molecular flexibility index (Phi) is 13.9. The first-order valence-corrected chi connectivity index (χ1v) is 14.2. The van der Waals surface area contributed by atoms with Gasteiger partial charge in [-0.2, -0.15) is 0 Å². The van der Waals surface area contributed by atoms with Crippen molar-refractivity contribution in [2.45, 2.75) is 98.5 Å². The summed E-state index contributed by atoms with van der Waals surface area (Å²) >= 11 is 0. The number of carbonyl (C=O) groups is 1. The lowest BCUT2D eigenvalue weighted by molar-refractivity contribution is -0.326. The van der Waals surface area contributed by atoms with Crippen molar-refractivity contribution in [3.63, 3.8) is 0 Å². The van der Waals surface area contributed by atoms with E-state index in [-0.39, 0.29) is 45.7 Å². The fraction of sp³-hybridized carbons (Fsp3) is 0.880. The first-order valence-electron chi connectivity index (χ1n) is 14.2. The summed E-state index contributed by atoms with van der Waals surface area (Å²) in [6.45, 7) is -0.123.